The highest BCUT2D eigenvalue weighted by atomic mass is 16.6. The van der Waals surface area contributed by atoms with Crippen molar-refractivity contribution in [1.82, 2.24) is 16.0 Å². The topological polar surface area (TPSA) is 53.6 Å². The van der Waals surface area contributed by atoms with E-state index in [0.717, 1.165) is 5.70 Å². The first-order valence-corrected chi connectivity index (χ1v) is 4.74. The van der Waals surface area contributed by atoms with Gasteiger partial charge in [-0.25, -0.2) is 4.79 Å². The lowest BCUT2D eigenvalue weighted by atomic mass is 10.2. The van der Waals surface area contributed by atoms with Crippen LogP contribution in [0.3, 0.4) is 0 Å². The fourth-order valence-corrected chi connectivity index (χ4v) is 1.00. The van der Waals surface area contributed by atoms with Crippen LogP contribution in [-0.4, -0.2) is 23.6 Å². The van der Waals surface area contributed by atoms with E-state index in [1.807, 2.05) is 34.0 Å². The van der Waals surface area contributed by atoms with Crippen molar-refractivity contribution in [3.05, 3.63) is 24.0 Å². The van der Waals surface area contributed by atoms with Crippen LogP contribution >= 0.6 is 0 Å². The fraction of sp³-hybridized carbons (Fsp3) is 0.500. The van der Waals surface area contributed by atoms with E-state index in [1.54, 1.807) is 11.1 Å². The van der Waals surface area contributed by atoms with Gasteiger partial charge in [0.15, 0.2) is 0 Å². The Labute approximate surface area is 89.7 Å². The second-order valence-corrected chi connectivity index (χ2v) is 4.30. The Morgan fingerprint density at radius 1 is 1.53 bits per heavy atom. The normalized spacial score (nSPS) is 16.5. The zero-order valence-corrected chi connectivity index (χ0v) is 9.50. The summed E-state index contributed by atoms with van der Waals surface area (Å²) < 4.78 is 5.11. The molecule has 0 saturated carbocycles. The second-order valence-electron chi connectivity index (χ2n) is 4.30. The van der Waals surface area contributed by atoms with Gasteiger partial charge in [0, 0.05) is 19.3 Å². The van der Waals surface area contributed by atoms with Gasteiger partial charge in [-0.15, -0.1) is 5.53 Å². The molecule has 5 heteroatoms. The molecule has 0 aliphatic carbocycles. The van der Waals surface area contributed by atoms with Gasteiger partial charge in [0.1, 0.15) is 5.60 Å². The predicted molar refractivity (Wildman–Crippen MR) is 57.1 cm³/mol. The molecule has 0 atom stereocenters. The first-order chi connectivity index (χ1) is 6.87. The number of nitrogens with one attached hydrogen (secondary N) is 2. The van der Waals surface area contributed by atoms with Crippen LogP contribution in [0.15, 0.2) is 24.0 Å². The van der Waals surface area contributed by atoms with Crippen LogP contribution < -0.4 is 11.0 Å². The van der Waals surface area contributed by atoms with E-state index in [2.05, 4.69) is 11.0 Å². The number of allylic oxidation sites excluding steroid dienone is 1. The summed E-state index contributed by atoms with van der Waals surface area (Å²) in [6.07, 6.45) is 4.87. The van der Waals surface area contributed by atoms with E-state index in [4.69, 9.17) is 4.74 Å². The summed E-state index contributed by atoms with van der Waals surface area (Å²) in [6.45, 7) is 5.50. The molecule has 0 aromatic heterocycles. The third-order valence-electron chi connectivity index (χ3n) is 1.52. The number of hydrogen-bond acceptors (Lipinski definition) is 5. The highest BCUT2D eigenvalue weighted by Gasteiger charge is 2.14. The molecule has 0 aromatic carbocycles. The number of carbonyl (C=O) groups is 1. The molecule has 0 aromatic rings. The molecule has 0 radical (unpaired) electrons. The molecular weight excluding hydrogens is 194 g/mol. The highest BCUT2D eigenvalue weighted by molar-refractivity contribution is 5.82. The lowest BCUT2D eigenvalue weighted by Crippen LogP contribution is -2.33. The van der Waals surface area contributed by atoms with Crippen LogP contribution in [0.2, 0.25) is 0 Å². The van der Waals surface area contributed by atoms with Gasteiger partial charge in [0.25, 0.3) is 0 Å². The Balaban J connectivity index is 2.45. The van der Waals surface area contributed by atoms with Gasteiger partial charge >= 0.3 is 5.97 Å². The molecule has 0 amide bonds. The average molecular weight is 211 g/mol. The van der Waals surface area contributed by atoms with E-state index in [1.165, 1.54) is 6.08 Å². The van der Waals surface area contributed by atoms with Crippen molar-refractivity contribution in [2.45, 2.75) is 26.4 Å². The standard InChI is InChI=1S/C10H17N3O2/c1-10(2,3)15-9(14)6-5-8-7-13(4)12-11-8/h5-7,11-12H,1-4H3/b6-5+. The van der Waals surface area contributed by atoms with Gasteiger partial charge < -0.3 is 10.2 Å². The van der Waals surface area contributed by atoms with Gasteiger partial charge in [0.05, 0.1) is 5.70 Å². The van der Waals surface area contributed by atoms with Gasteiger partial charge in [0.2, 0.25) is 0 Å². The maximum atomic E-state index is 11.3. The smallest absolute Gasteiger partial charge is 0.331 e. The van der Waals surface area contributed by atoms with Crippen molar-refractivity contribution < 1.29 is 9.53 Å². The molecule has 1 aliphatic heterocycles. The van der Waals surface area contributed by atoms with Gasteiger partial charge in [-0.1, -0.05) is 0 Å². The minimum Gasteiger partial charge on any atom is -0.457 e. The minimum absolute atomic E-state index is 0.347. The Kier molecular flexibility index (Phi) is 3.36. The maximum absolute atomic E-state index is 11.3. The highest BCUT2D eigenvalue weighted by Crippen LogP contribution is 2.07. The summed E-state index contributed by atoms with van der Waals surface area (Å²) in [6, 6.07) is 0. The number of carbonyl (C=O) groups excluding carboxylic acids is 1. The Morgan fingerprint density at radius 2 is 2.20 bits per heavy atom. The molecule has 84 valence electrons. The summed E-state index contributed by atoms with van der Waals surface area (Å²) >= 11 is 0. The Morgan fingerprint density at radius 3 is 2.67 bits per heavy atom. The molecule has 1 heterocycles. The predicted octanol–water partition coefficient (Wildman–Crippen LogP) is 0.680. The summed E-state index contributed by atoms with van der Waals surface area (Å²) in [5.41, 5.74) is 6.05. The number of nitrogens with zero attached hydrogens (tertiary/aromatic N) is 1. The molecule has 15 heavy (non-hydrogen) atoms. The van der Waals surface area contributed by atoms with Crippen molar-refractivity contribution in [3.63, 3.8) is 0 Å². The van der Waals surface area contributed by atoms with Crippen molar-refractivity contribution in [1.29, 1.82) is 0 Å². The first kappa shape index (κ1) is 11.6. The van der Waals surface area contributed by atoms with Gasteiger partial charge in [-0.3, -0.25) is 5.01 Å². The van der Waals surface area contributed by atoms with Crippen LogP contribution in [-0.2, 0) is 9.53 Å². The maximum Gasteiger partial charge on any atom is 0.331 e. The van der Waals surface area contributed by atoms with E-state index in [0.29, 0.717) is 0 Å². The van der Waals surface area contributed by atoms with Gasteiger partial charge in [-0.2, -0.15) is 0 Å². The molecule has 1 aliphatic rings. The lowest BCUT2D eigenvalue weighted by Gasteiger charge is -2.17. The molecule has 1 rings (SSSR count). The molecule has 5 nitrogen and oxygen atoms in total. The molecular formula is C10H17N3O2. The average Bonchev–Trinajstić information content (AvgIpc) is 2.45. The third kappa shape index (κ3) is 4.51. The summed E-state index contributed by atoms with van der Waals surface area (Å²) in [5.74, 6) is -0.347. The summed E-state index contributed by atoms with van der Waals surface area (Å²) in [5, 5.41) is 1.74. The van der Waals surface area contributed by atoms with Crippen molar-refractivity contribution in [2.24, 2.45) is 0 Å². The van der Waals surface area contributed by atoms with Crippen LogP contribution in [0.5, 0.6) is 0 Å². The van der Waals surface area contributed by atoms with Crippen LogP contribution in [0.25, 0.3) is 0 Å². The summed E-state index contributed by atoms with van der Waals surface area (Å²) in [7, 11) is 1.85. The molecule has 0 bridgehead atoms. The Bertz CT molecular complexity index is 302. The van der Waals surface area contributed by atoms with Crippen LogP contribution in [0.1, 0.15) is 20.8 Å². The second kappa shape index (κ2) is 4.35. The van der Waals surface area contributed by atoms with Crippen molar-refractivity contribution in [2.75, 3.05) is 7.05 Å². The molecule has 0 spiro atoms. The number of hydrogen-bond donors (Lipinski definition) is 2. The SMILES string of the molecule is CN1C=C(/C=C/C(=O)OC(C)(C)C)NN1. The van der Waals surface area contributed by atoms with E-state index >= 15 is 0 Å². The van der Waals surface area contributed by atoms with E-state index < -0.39 is 5.60 Å². The van der Waals surface area contributed by atoms with Crippen molar-refractivity contribution >= 4 is 5.97 Å². The van der Waals surface area contributed by atoms with E-state index in [-0.39, 0.29) is 5.97 Å². The van der Waals surface area contributed by atoms with Crippen molar-refractivity contribution in [3.8, 4) is 0 Å². The monoisotopic (exact) mass is 211 g/mol. The lowest BCUT2D eigenvalue weighted by molar-refractivity contribution is -0.148. The largest absolute Gasteiger partial charge is 0.457 e. The molecule has 0 saturated heterocycles. The minimum atomic E-state index is -0.450. The Hall–Kier alpha value is -1.49. The number of rotatable bonds is 2. The quantitative estimate of drug-likeness (QED) is 0.519. The zero-order chi connectivity index (χ0) is 11.5. The zero-order valence-electron chi connectivity index (χ0n) is 9.50. The van der Waals surface area contributed by atoms with E-state index in [9.17, 15) is 4.79 Å². The molecule has 2 N–H and O–H groups in total. The molecule has 0 fully saturated rings. The first-order valence-electron chi connectivity index (χ1n) is 4.74. The fourth-order valence-electron chi connectivity index (χ4n) is 1.00. The number of hydrazine groups is 2. The number of esters is 1. The molecule has 0 unspecified atom stereocenters. The van der Waals surface area contributed by atoms with Crippen LogP contribution in [0, 0.1) is 0 Å². The number of ether oxygens (including phenoxy) is 1. The van der Waals surface area contributed by atoms with Gasteiger partial charge in [-0.05, 0) is 26.8 Å². The summed E-state index contributed by atoms with van der Waals surface area (Å²) in [4.78, 5) is 11.3. The third-order valence-corrected chi connectivity index (χ3v) is 1.52. The van der Waals surface area contributed by atoms with Crippen LogP contribution in [0.4, 0.5) is 0 Å².